The smallest absolute Gasteiger partial charge is 0.263 e. The van der Waals surface area contributed by atoms with Crippen LogP contribution >= 0.6 is 46.0 Å². The summed E-state index contributed by atoms with van der Waals surface area (Å²) in [6.45, 7) is 2.57. The summed E-state index contributed by atoms with van der Waals surface area (Å²) in [5.41, 5.74) is 2.52. The first-order valence-corrected chi connectivity index (χ1v) is 9.88. The summed E-state index contributed by atoms with van der Waals surface area (Å²) < 4.78 is 1.74. The molecule has 0 aliphatic rings. The fourth-order valence-corrected chi connectivity index (χ4v) is 5.04. The zero-order valence-electron chi connectivity index (χ0n) is 11.8. The van der Waals surface area contributed by atoms with Crippen LogP contribution in [0, 0.1) is 0 Å². The van der Waals surface area contributed by atoms with Crippen molar-refractivity contribution in [2.45, 2.75) is 18.6 Å². The summed E-state index contributed by atoms with van der Waals surface area (Å²) in [5.74, 6) is 0.699. The number of hydrogen-bond donors (Lipinski definition) is 0. The number of thiophene rings is 2. The van der Waals surface area contributed by atoms with Gasteiger partial charge in [-0.05, 0) is 18.4 Å². The number of halogens is 1. The standard InChI is InChI=1S/C15H13ClN2OS3/c1-2-18-14(19)12-10(11-5-3-7-20-11)9-22-13(12)17-15(18)21-8-4-6-16/h3-7,9H,2,8H2,1H3/b6-4+. The minimum atomic E-state index is 0.0366. The van der Waals surface area contributed by atoms with E-state index < -0.39 is 0 Å². The lowest BCUT2D eigenvalue weighted by atomic mass is 10.2. The highest BCUT2D eigenvalue weighted by Crippen LogP contribution is 2.34. The van der Waals surface area contributed by atoms with Crippen molar-refractivity contribution in [1.82, 2.24) is 9.55 Å². The first kappa shape index (κ1) is 15.8. The molecule has 3 heterocycles. The van der Waals surface area contributed by atoms with Crippen LogP contribution in [0.4, 0.5) is 0 Å². The zero-order valence-corrected chi connectivity index (χ0v) is 15.0. The molecule has 3 rings (SSSR count). The van der Waals surface area contributed by atoms with E-state index in [2.05, 4.69) is 4.98 Å². The molecule has 0 bridgehead atoms. The van der Waals surface area contributed by atoms with Gasteiger partial charge in [0.2, 0.25) is 0 Å². The summed E-state index contributed by atoms with van der Waals surface area (Å²) in [5, 5.41) is 5.52. The predicted octanol–water partition coefficient (Wildman–Crippen LogP) is 5.05. The van der Waals surface area contributed by atoms with Gasteiger partial charge in [-0.3, -0.25) is 9.36 Å². The third-order valence-electron chi connectivity index (χ3n) is 3.16. The summed E-state index contributed by atoms with van der Waals surface area (Å²) in [6, 6.07) is 4.04. The molecule has 0 fully saturated rings. The minimum Gasteiger partial charge on any atom is -0.287 e. The van der Waals surface area contributed by atoms with Crippen molar-refractivity contribution < 1.29 is 0 Å². The Labute approximate surface area is 145 Å². The van der Waals surface area contributed by atoms with Gasteiger partial charge >= 0.3 is 0 Å². The molecule has 3 nitrogen and oxygen atoms in total. The Morgan fingerprint density at radius 3 is 3.00 bits per heavy atom. The molecule has 0 amide bonds. The number of rotatable bonds is 5. The zero-order chi connectivity index (χ0) is 15.5. The van der Waals surface area contributed by atoms with Gasteiger partial charge in [0.1, 0.15) is 4.83 Å². The number of hydrogen-bond acceptors (Lipinski definition) is 5. The van der Waals surface area contributed by atoms with Crippen molar-refractivity contribution in [3.05, 3.63) is 44.9 Å². The van der Waals surface area contributed by atoms with E-state index in [1.165, 1.54) is 28.6 Å². The van der Waals surface area contributed by atoms with Crippen LogP contribution in [0.1, 0.15) is 6.92 Å². The second-order valence-corrected chi connectivity index (χ2v) is 7.47. The summed E-state index contributed by atoms with van der Waals surface area (Å²) in [6.07, 6.45) is 1.84. The van der Waals surface area contributed by atoms with Crippen molar-refractivity contribution >= 4 is 56.3 Å². The molecule has 114 valence electrons. The lowest BCUT2D eigenvalue weighted by molar-refractivity contribution is 0.636. The Bertz CT molecular complexity index is 865. The highest BCUT2D eigenvalue weighted by atomic mass is 35.5. The van der Waals surface area contributed by atoms with Crippen molar-refractivity contribution in [2.75, 3.05) is 5.75 Å². The van der Waals surface area contributed by atoms with Crippen LogP contribution in [0.5, 0.6) is 0 Å². The fourth-order valence-electron chi connectivity index (χ4n) is 2.17. The van der Waals surface area contributed by atoms with Crippen LogP contribution in [0.15, 0.2) is 44.5 Å². The minimum absolute atomic E-state index is 0.0366. The molecule has 22 heavy (non-hydrogen) atoms. The Morgan fingerprint density at radius 1 is 1.45 bits per heavy atom. The molecule has 0 saturated heterocycles. The highest BCUT2D eigenvalue weighted by Gasteiger charge is 2.16. The Kier molecular flexibility index (Phi) is 5.03. The molecule has 0 aliphatic heterocycles. The Hall–Kier alpha value is -1.08. The number of fused-ring (bicyclic) bond motifs is 1. The van der Waals surface area contributed by atoms with Gasteiger partial charge in [0.15, 0.2) is 5.16 Å². The second-order valence-electron chi connectivity index (χ2n) is 4.42. The van der Waals surface area contributed by atoms with Gasteiger partial charge in [-0.25, -0.2) is 4.98 Å². The molecule has 3 aromatic heterocycles. The first-order valence-electron chi connectivity index (χ1n) is 6.70. The van der Waals surface area contributed by atoms with Gasteiger partial charge in [-0.1, -0.05) is 35.5 Å². The Morgan fingerprint density at radius 2 is 2.32 bits per heavy atom. The lowest BCUT2D eigenvalue weighted by Crippen LogP contribution is -2.22. The third-order valence-corrected chi connectivity index (χ3v) is 6.04. The van der Waals surface area contributed by atoms with E-state index in [1.807, 2.05) is 35.9 Å². The van der Waals surface area contributed by atoms with E-state index in [0.717, 1.165) is 25.8 Å². The molecule has 7 heteroatoms. The average Bonchev–Trinajstić information content (AvgIpc) is 3.16. The van der Waals surface area contributed by atoms with Gasteiger partial charge in [0.05, 0.1) is 5.39 Å². The quantitative estimate of drug-likeness (QED) is 0.466. The molecule has 0 aliphatic carbocycles. The van der Waals surface area contributed by atoms with Crippen molar-refractivity contribution in [2.24, 2.45) is 0 Å². The van der Waals surface area contributed by atoms with Crippen LogP contribution in [-0.2, 0) is 6.54 Å². The predicted molar refractivity (Wildman–Crippen MR) is 98.6 cm³/mol. The normalized spacial score (nSPS) is 11.7. The maximum absolute atomic E-state index is 12.9. The van der Waals surface area contributed by atoms with E-state index in [4.69, 9.17) is 11.6 Å². The van der Waals surface area contributed by atoms with Crippen LogP contribution in [0.2, 0.25) is 0 Å². The van der Waals surface area contributed by atoms with Crippen LogP contribution < -0.4 is 5.56 Å². The number of nitrogens with zero attached hydrogens (tertiary/aromatic N) is 2. The molecule has 0 atom stereocenters. The van der Waals surface area contributed by atoms with Gasteiger partial charge in [-0.15, -0.1) is 22.7 Å². The molecule has 0 aromatic carbocycles. The summed E-state index contributed by atoms with van der Waals surface area (Å²) in [7, 11) is 0. The molecule has 0 saturated carbocycles. The molecule has 3 aromatic rings. The topological polar surface area (TPSA) is 34.9 Å². The van der Waals surface area contributed by atoms with E-state index in [9.17, 15) is 4.79 Å². The molecular weight excluding hydrogens is 356 g/mol. The summed E-state index contributed by atoms with van der Waals surface area (Å²) in [4.78, 5) is 19.5. The van der Waals surface area contributed by atoms with Gasteiger partial charge < -0.3 is 0 Å². The number of aromatic nitrogens is 2. The summed E-state index contributed by atoms with van der Waals surface area (Å²) >= 11 is 10.2. The van der Waals surface area contributed by atoms with E-state index in [-0.39, 0.29) is 5.56 Å². The SMILES string of the molecule is CCn1c(SC/C=C/Cl)nc2scc(-c3cccs3)c2c1=O. The van der Waals surface area contributed by atoms with Crippen LogP contribution in [0.25, 0.3) is 20.7 Å². The van der Waals surface area contributed by atoms with E-state index in [0.29, 0.717) is 12.3 Å². The third kappa shape index (κ3) is 2.88. The molecule has 0 radical (unpaired) electrons. The first-order chi connectivity index (χ1) is 10.8. The van der Waals surface area contributed by atoms with Crippen LogP contribution in [0.3, 0.4) is 0 Å². The highest BCUT2D eigenvalue weighted by molar-refractivity contribution is 7.99. The Balaban J connectivity index is 2.16. The van der Waals surface area contributed by atoms with Crippen molar-refractivity contribution in [3.8, 4) is 10.4 Å². The van der Waals surface area contributed by atoms with E-state index >= 15 is 0 Å². The van der Waals surface area contributed by atoms with Crippen LogP contribution in [-0.4, -0.2) is 15.3 Å². The maximum Gasteiger partial charge on any atom is 0.263 e. The van der Waals surface area contributed by atoms with Crippen molar-refractivity contribution in [1.29, 1.82) is 0 Å². The maximum atomic E-state index is 12.9. The largest absolute Gasteiger partial charge is 0.287 e. The van der Waals surface area contributed by atoms with Gasteiger partial charge in [0.25, 0.3) is 5.56 Å². The van der Waals surface area contributed by atoms with Gasteiger partial charge in [-0.2, -0.15) is 0 Å². The fraction of sp³-hybridized carbons (Fsp3) is 0.200. The average molecular weight is 369 g/mol. The lowest BCUT2D eigenvalue weighted by Gasteiger charge is -2.09. The second kappa shape index (κ2) is 7.00. The molecule has 0 spiro atoms. The molecule has 0 N–H and O–H groups in total. The molecular formula is C15H13ClN2OS3. The van der Waals surface area contributed by atoms with Gasteiger partial charge in [0, 0.05) is 33.7 Å². The number of thioether (sulfide) groups is 1. The molecule has 0 unspecified atom stereocenters. The van der Waals surface area contributed by atoms with Crippen molar-refractivity contribution in [3.63, 3.8) is 0 Å². The monoisotopic (exact) mass is 368 g/mol. The van der Waals surface area contributed by atoms with E-state index in [1.54, 1.807) is 15.9 Å².